The van der Waals surface area contributed by atoms with Gasteiger partial charge in [-0.25, -0.2) is 0 Å². The molecule has 0 amide bonds. The van der Waals surface area contributed by atoms with Crippen molar-refractivity contribution in [3.8, 4) is 33.4 Å². The van der Waals surface area contributed by atoms with Gasteiger partial charge in [-0.1, -0.05) is 164 Å². The first-order chi connectivity index (χ1) is 27.9. The van der Waals surface area contributed by atoms with E-state index < -0.39 is 0 Å². The van der Waals surface area contributed by atoms with Crippen molar-refractivity contribution in [1.29, 1.82) is 0 Å². The predicted molar refractivity (Wildman–Crippen MR) is 245 cm³/mol. The lowest BCUT2D eigenvalue weighted by Gasteiger charge is -2.31. The highest BCUT2D eigenvalue weighted by Gasteiger charge is 2.40. The molecule has 0 atom stereocenters. The fraction of sp³-hybridized carbons (Fsp3) is 0.179. The van der Waals surface area contributed by atoms with Crippen molar-refractivity contribution in [3.05, 3.63) is 186 Å². The molecule has 1 aromatic heterocycles. The van der Waals surface area contributed by atoms with Crippen molar-refractivity contribution in [2.45, 2.75) is 64.7 Å². The van der Waals surface area contributed by atoms with Crippen LogP contribution < -0.4 is 4.90 Å². The number of hydrogen-bond acceptors (Lipinski definition) is 2. The van der Waals surface area contributed by atoms with E-state index in [1.807, 2.05) is 0 Å². The van der Waals surface area contributed by atoms with Crippen LogP contribution >= 0.6 is 0 Å². The van der Waals surface area contributed by atoms with E-state index in [4.69, 9.17) is 4.42 Å². The summed E-state index contributed by atoms with van der Waals surface area (Å²) in [6.07, 6.45) is 0. The first-order valence-corrected chi connectivity index (χ1v) is 20.7. The molecule has 0 bridgehead atoms. The summed E-state index contributed by atoms with van der Waals surface area (Å²) in [6, 6.07) is 58.8. The van der Waals surface area contributed by atoms with Crippen LogP contribution in [-0.2, 0) is 16.2 Å². The van der Waals surface area contributed by atoms with Gasteiger partial charge in [-0.15, -0.1) is 0 Å². The van der Waals surface area contributed by atoms with E-state index in [1.165, 1.54) is 66.4 Å². The van der Waals surface area contributed by atoms with Crippen LogP contribution in [0.15, 0.2) is 162 Å². The normalized spacial score (nSPS) is 14.7. The summed E-state index contributed by atoms with van der Waals surface area (Å²) in [7, 11) is 0. The van der Waals surface area contributed by atoms with Crippen molar-refractivity contribution >= 4 is 49.8 Å². The second-order valence-electron chi connectivity index (χ2n) is 18.5. The van der Waals surface area contributed by atoms with Gasteiger partial charge in [0.2, 0.25) is 0 Å². The maximum Gasteiger partial charge on any atom is 0.136 e. The quantitative estimate of drug-likeness (QED) is 0.178. The summed E-state index contributed by atoms with van der Waals surface area (Å²) in [5, 5.41) is 4.68. The molecule has 1 heterocycles. The second-order valence-corrected chi connectivity index (χ2v) is 18.5. The first kappa shape index (κ1) is 34.8. The summed E-state index contributed by atoms with van der Waals surface area (Å²) < 4.78 is 6.52. The van der Waals surface area contributed by atoms with E-state index in [1.54, 1.807) is 0 Å². The van der Waals surface area contributed by atoms with E-state index in [2.05, 4.69) is 211 Å². The van der Waals surface area contributed by atoms with Gasteiger partial charge in [0.05, 0.1) is 5.69 Å². The Morgan fingerprint density at radius 3 is 1.93 bits per heavy atom. The van der Waals surface area contributed by atoms with Gasteiger partial charge >= 0.3 is 0 Å². The zero-order chi connectivity index (χ0) is 39.7. The maximum absolute atomic E-state index is 6.52. The van der Waals surface area contributed by atoms with Crippen molar-refractivity contribution in [1.82, 2.24) is 0 Å². The molecule has 2 heteroatoms. The molecule has 0 fully saturated rings. The zero-order valence-corrected chi connectivity index (χ0v) is 34.4. The van der Waals surface area contributed by atoms with Crippen LogP contribution in [0.2, 0.25) is 0 Å². The molecule has 0 unspecified atom stereocenters. The van der Waals surface area contributed by atoms with Gasteiger partial charge in [-0.2, -0.15) is 0 Å². The lowest BCUT2D eigenvalue weighted by molar-refractivity contribution is 0.589. The van der Waals surface area contributed by atoms with Crippen molar-refractivity contribution in [2.75, 3.05) is 4.90 Å². The van der Waals surface area contributed by atoms with Crippen molar-refractivity contribution in [3.63, 3.8) is 0 Å². The van der Waals surface area contributed by atoms with E-state index >= 15 is 0 Å². The lowest BCUT2D eigenvalue weighted by Crippen LogP contribution is -2.18. The third-order valence-electron chi connectivity index (χ3n) is 13.4. The van der Waals surface area contributed by atoms with Crippen molar-refractivity contribution < 1.29 is 4.42 Å². The second kappa shape index (κ2) is 12.1. The highest BCUT2D eigenvalue weighted by atomic mass is 16.3. The van der Waals surface area contributed by atoms with Gasteiger partial charge in [0, 0.05) is 38.5 Å². The first-order valence-electron chi connectivity index (χ1n) is 20.7. The van der Waals surface area contributed by atoms with Crippen molar-refractivity contribution in [2.24, 2.45) is 0 Å². The molecule has 2 aliphatic rings. The minimum atomic E-state index is -0.179. The molecule has 2 nitrogen and oxygen atoms in total. The number of anilines is 3. The molecule has 0 saturated heterocycles. The Kier molecular flexibility index (Phi) is 7.25. The van der Waals surface area contributed by atoms with Gasteiger partial charge in [0.25, 0.3) is 0 Å². The van der Waals surface area contributed by atoms with E-state index in [-0.39, 0.29) is 16.2 Å². The third-order valence-corrected chi connectivity index (χ3v) is 13.4. The summed E-state index contributed by atoms with van der Waals surface area (Å²) in [4.78, 5) is 2.53. The molecule has 8 aromatic carbocycles. The number of fused-ring (bicyclic) bond motifs is 10. The summed E-state index contributed by atoms with van der Waals surface area (Å²) in [5.74, 6) is 0. The summed E-state index contributed by atoms with van der Waals surface area (Å²) in [5.41, 5.74) is 19.6. The Morgan fingerprint density at radius 2 is 1.09 bits per heavy atom. The van der Waals surface area contributed by atoms with Crippen LogP contribution in [0, 0.1) is 0 Å². The molecule has 0 spiro atoms. The van der Waals surface area contributed by atoms with E-state index in [9.17, 15) is 0 Å². The number of benzene rings is 8. The predicted octanol–water partition coefficient (Wildman–Crippen LogP) is 15.8. The largest absolute Gasteiger partial charge is 0.456 e. The van der Waals surface area contributed by atoms with Gasteiger partial charge in [0.1, 0.15) is 11.2 Å². The van der Waals surface area contributed by atoms with Gasteiger partial charge < -0.3 is 9.32 Å². The SMILES string of the molecule is CC(C)(C)c1cccc2c1-c1ccc(N(c3ccc4c(c3)-c3ccccc3C4(C)C)c3ccc4ccccc4c3-c3cccc4oc5ccccc5c34)cc1C2(C)C. The lowest BCUT2D eigenvalue weighted by atomic mass is 9.79. The van der Waals surface area contributed by atoms with Crippen LogP contribution in [-0.4, -0.2) is 0 Å². The highest BCUT2D eigenvalue weighted by Crippen LogP contribution is 2.56. The van der Waals surface area contributed by atoms with Gasteiger partial charge in [-0.05, 0) is 114 Å². The Labute approximate surface area is 341 Å². The third kappa shape index (κ3) is 4.84. The fourth-order valence-corrected chi connectivity index (χ4v) is 10.5. The highest BCUT2D eigenvalue weighted by molar-refractivity contribution is 6.18. The Bertz CT molecular complexity index is 3170. The monoisotopic (exact) mass is 749 g/mol. The number of para-hydroxylation sites is 1. The number of rotatable bonds is 4. The summed E-state index contributed by atoms with van der Waals surface area (Å²) >= 11 is 0. The topological polar surface area (TPSA) is 16.4 Å². The molecule has 0 radical (unpaired) electrons. The minimum absolute atomic E-state index is 0.0144. The summed E-state index contributed by atoms with van der Waals surface area (Å²) in [6.45, 7) is 16.5. The molecule has 58 heavy (non-hydrogen) atoms. The molecule has 2 aliphatic carbocycles. The molecule has 282 valence electrons. The Balaban J connectivity index is 1.23. The zero-order valence-electron chi connectivity index (χ0n) is 34.4. The van der Waals surface area contributed by atoms with E-state index in [0.717, 1.165) is 44.6 Å². The molecule has 0 N–H and O–H groups in total. The molecular weight excluding hydrogens is 703 g/mol. The minimum Gasteiger partial charge on any atom is -0.456 e. The Hall–Kier alpha value is -6.38. The van der Waals surface area contributed by atoms with Crippen LogP contribution in [0.4, 0.5) is 17.1 Å². The molecule has 0 aliphatic heterocycles. The molecule has 9 aromatic rings. The average Bonchev–Trinajstić information content (AvgIpc) is 3.80. The van der Waals surface area contributed by atoms with Gasteiger partial charge in [-0.3, -0.25) is 0 Å². The van der Waals surface area contributed by atoms with Gasteiger partial charge in [0.15, 0.2) is 0 Å². The van der Waals surface area contributed by atoms with Crippen LogP contribution in [0.5, 0.6) is 0 Å². The van der Waals surface area contributed by atoms with E-state index in [0.29, 0.717) is 0 Å². The van der Waals surface area contributed by atoms with Crippen LogP contribution in [0.3, 0.4) is 0 Å². The smallest absolute Gasteiger partial charge is 0.136 e. The Morgan fingerprint density at radius 1 is 0.448 bits per heavy atom. The number of nitrogens with zero attached hydrogens (tertiary/aromatic N) is 1. The fourth-order valence-electron chi connectivity index (χ4n) is 10.5. The van der Waals surface area contributed by atoms with Crippen LogP contribution in [0.1, 0.15) is 76.3 Å². The number of hydrogen-bond donors (Lipinski definition) is 0. The molecule has 0 saturated carbocycles. The molecule has 11 rings (SSSR count). The standard InChI is InChI=1S/C56H47NO/c1-54(2,3)45-22-15-23-46-53(45)39-29-27-36(33-47(39)56(46,6)7)57(35-28-30-44-42(32-35)38-18-10-12-21-43(38)55(44,4)5)48-31-26-34-16-8-9-17-37(34)51(48)41-20-14-25-50-52(41)40-19-11-13-24-49(40)58-50/h8-33H,1-7H3. The van der Waals surface area contributed by atoms with Crippen LogP contribution in [0.25, 0.3) is 66.1 Å². The number of furan rings is 1. The maximum atomic E-state index is 6.52. The molecular formula is C56H47NO. The average molecular weight is 750 g/mol.